The highest BCUT2D eigenvalue weighted by Crippen LogP contribution is 2.26. The van der Waals surface area contributed by atoms with E-state index >= 15 is 0 Å². The maximum absolute atomic E-state index is 13.1. The van der Waals surface area contributed by atoms with Crippen molar-refractivity contribution in [3.8, 4) is 0 Å². The highest BCUT2D eigenvalue weighted by Gasteiger charge is 2.30. The molecule has 0 amide bonds. The van der Waals surface area contributed by atoms with E-state index in [1.54, 1.807) is 20.8 Å². The van der Waals surface area contributed by atoms with Crippen LogP contribution in [0.3, 0.4) is 0 Å². The smallest absolute Gasteiger partial charge is 0.337 e. The number of aliphatic hydroxyl groups excluding tert-OH is 4. The summed E-state index contributed by atoms with van der Waals surface area (Å²) >= 11 is 0. The van der Waals surface area contributed by atoms with Crippen LogP contribution >= 0.6 is 0 Å². The summed E-state index contributed by atoms with van der Waals surface area (Å²) in [6, 6.07) is 0. The number of aliphatic hydroxyl groups is 4. The van der Waals surface area contributed by atoms with Gasteiger partial charge < -0.3 is 29.9 Å². The molecule has 0 radical (unpaired) electrons. The van der Waals surface area contributed by atoms with E-state index in [0.29, 0.717) is 13.7 Å². The zero-order valence-electron chi connectivity index (χ0n) is 24.0. The monoisotopic (exact) mass is 573 g/mol. The van der Waals surface area contributed by atoms with Gasteiger partial charge in [-0.15, -0.1) is 6.58 Å². The fourth-order valence-corrected chi connectivity index (χ4v) is 3.69. The Morgan fingerprint density at radius 1 is 0.900 bits per heavy atom. The van der Waals surface area contributed by atoms with Crippen LogP contribution in [0.15, 0.2) is 27.0 Å². The number of hydrogen-bond acceptors (Lipinski definition) is 11. The van der Waals surface area contributed by atoms with Crippen LogP contribution in [0.2, 0.25) is 0 Å². The molecular weight excluding hydrogens is 530 g/mol. The molecule has 0 bridgehead atoms. The summed E-state index contributed by atoms with van der Waals surface area (Å²) in [4.78, 5) is 62.7. The lowest BCUT2D eigenvalue weighted by Crippen LogP contribution is -2.56. The molecule has 1 heterocycles. The topological polar surface area (TPSA) is 200 Å². The number of ether oxygens (including phenoxy) is 2. The second-order valence-electron chi connectivity index (χ2n) is 11.4. The number of nitrogens with zero attached hydrogens (tertiary/aromatic N) is 3. The lowest BCUT2D eigenvalue weighted by atomic mass is 9.84. The first-order valence-corrected chi connectivity index (χ1v) is 13.0. The zero-order chi connectivity index (χ0) is 31.0. The summed E-state index contributed by atoms with van der Waals surface area (Å²) in [6.45, 7) is 11.9. The lowest BCUT2D eigenvalue weighted by molar-refractivity contribution is -0.167. The van der Waals surface area contributed by atoms with Crippen LogP contribution in [-0.2, 0) is 38.7 Å². The van der Waals surface area contributed by atoms with Crippen molar-refractivity contribution in [2.75, 3.05) is 6.61 Å². The summed E-state index contributed by atoms with van der Waals surface area (Å²) in [5.41, 5.74) is -4.21. The van der Waals surface area contributed by atoms with E-state index in [0.717, 1.165) is 6.42 Å². The number of carbonyl (C=O) groups is 2. The molecule has 1 rings (SSSR count). The molecule has 0 fully saturated rings. The molecule has 0 saturated heterocycles. The fraction of sp³-hybridized carbons (Fsp3) is 0.731. The maximum atomic E-state index is 13.1. The van der Waals surface area contributed by atoms with Crippen molar-refractivity contribution in [1.82, 2.24) is 13.7 Å². The lowest BCUT2D eigenvalue weighted by Gasteiger charge is -2.26. The number of allylic oxidation sites excluding steroid dienone is 1. The molecule has 14 nitrogen and oxygen atoms in total. The highest BCUT2D eigenvalue weighted by molar-refractivity contribution is 5.77. The van der Waals surface area contributed by atoms with Crippen molar-refractivity contribution in [2.24, 2.45) is 5.41 Å². The first-order valence-electron chi connectivity index (χ1n) is 13.0. The van der Waals surface area contributed by atoms with Gasteiger partial charge in [-0.05, 0) is 32.6 Å². The summed E-state index contributed by atoms with van der Waals surface area (Å²) in [7, 11) is 0. The van der Waals surface area contributed by atoms with E-state index in [2.05, 4.69) is 6.58 Å². The van der Waals surface area contributed by atoms with Gasteiger partial charge in [0.05, 0.1) is 32.2 Å². The van der Waals surface area contributed by atoms with Crippen LogP contribution in [0, 0.1) is 5.41 Å². The number of aromatic nitrogens is 3. The summed E-state index contributed by atoms with van der Waals surface area (Å²) in [6.07, 6.45) is -5.13. The third-order valence-electron chi connectivity index (χ3n) is 6.05. The van der Waals surface area contributed by atoms with E-state index in [4.69, 9.17) is 9.47 Å². The normalized spacial score (nSPS) is 15.2. The molecule has 228 valence electrons. The van der Waals surface area contributed by atoms with Gasteiger partial charge in [-0.1, -0.05) is 33.3 Å². The van der Waals surface area contributed by atoms with E-state index < -0.39 is 85.1 Å². The molecule has 14 heteroatoms. The molecule has 4 unspecified atom stereocenters. The predicted octanol–water partition coefficient (Wildman–Crippen LogP) is -1.10. The minimum absolute atomic E-state index is 0.249. The maximum Gasteiger partial charge on any atom is 0.337 e. The van der Waals surface area contributed by atoms with Crippen LogP contribution in [0.25, 0.3) is 0 Å². The van der Waals surface area contributed by atoms with Crippen molar-refractivity contribution in [3.05, 3.63) is 44.1 Å². The van der Waals surface area contributed by atoms with Crippen molar-refractivity contribution in [1.29, 1.82) is 0 Å². The molecule has 0 aliphatic carbocycles. The largest absolute Gasteiger partial charge is 0.461 e. The summed E-state index contributed by atoms with van der Waals surface area (Å²) in [5, 5.41) is 40.9. The molecule has 0 spiro atoms. The Morgan fingerprint density at radius 3 is 1.88 bits per heavy atom. The van der Waals surface area contributed by atoms with Crippen molar-refractivity contribution in [2.45, 2.75) is 110 Å². The van der Waals surface area contributed by atoms with Crippen molar-refractivity contribution < 1.29 is 39.5 Å². The third kappa shape index (κ3) is 10.5. The van der Waals surface area contributed by atoms with E-state index in [1.807, 2.05) is 20.8 Å². The van der Waals surface area contributed by atoms with Crippen LogP contribution in [0.1, 0.15) is 60.8 Å². The van der Waals surface area contributed by atoms with Crippen LogP contribution in [0.4, 0.5) is 0 Å². The number of carbonyl (C=O) groups excluding carboxylic acids is 2. The molecule has 0 saturated carbocycles. The Labute approximate surface area is 232 Å². The minimum atomic E-state index is -2.14. The van der Waals surface area contributed by atoms with Gasteiger partial charge >= 0.3 is 29.0 Å². The number of hydrogen-bond donors (Lipinski definition) is 4. The van der Waals surface area contributed by atoms with Gasteiger partial charge in [0.2, 0.25) is 0 Å². The first-order chi connectivity index (χ1) is 18.3. The number of rotatable bonds is 15. The third-order valence-corrected chi connectivity index (χ3v) is 6.05. The Morgan fingerprint density at radius 2 is 1.40 bits per heavy atom. The van der Waals surface area contributed by atoms with Crippen LogP contribution in [0.5, 0.6) is 0 Å². The molecule has 4 atom stereocenters. The predicted molar refractivity (Wildman–Crippen MR) is 144 cm³/mol. The SMILES string of the molecule is C=CCn1c(=O)n(CC(O)COC(=O)C(O)C(O)CC(=O)OC(C)(C)C)c(=O)n(CC(O)CC(C)(C)CC)c1=O. The van der Waals surface area contributed by atoms with Gasteiger partial charge in [-0.25, -0.2) is 32.9 Å². The quantitative estimate of drug-likeness (QED) is 0.147. The molecule has 1 aromatic rings. The van der Waals surface area contributed by atoms with E-state index in [1.165, 1.54) is 6.08 Å². The van der Waals surface area contributed by atoms with Gasteiger partial charge in [0.1, 0.15) is 24.4 Å². The highest BCUT2D eigenvalue weighted by atomic mass is 16.6. The van der Waals surface area contributed by atoms with Gasteiger partial charge in [-0.2, -0.15) is 0 Å². The van der Waals surface area contributed by atoms with Crippen LogP contribution in [-0.4, -0.2) is 82.7 Å². The molecule has 0 aliphatic heterocycles. The van der Waals surface area contributed by atoms with Crippen LogP contribution < -0.4 is 17.1 Å². The van der Waals surface area contributed by atoms with E-state index in [9.17, 15) is 44.4 Å². The molecule has 1 aromatic heterocycles. The first kappa shape index (κ1) is 35.0. The van der Waals surface area contributed by atoms with Crippen molar-refractivity contribution >= 4 is 11.9 Å². The summed E-state index contributed by atoms with van der Waals surface area (Å²) < 4.78 is 11.8. The second-order valence-corrected chi connectivity index (χ2v) is 11.4. The Kier molecular flexibility index (Phi) is 12.7. The second kappa shape index (κ2) is 14.5. The average Bonchev–Trinajstić information content (AvgIpc) is 2.83. The average molecular weight is 574 g/mol. The Balaban J connectivity index is 3.05. The Bertz CT molecular complexity index is 1210. The molecule has 0 aliphatic rings. The van der Waals surface area contributed by atoms with Gasteiger partial charge in [-0.3, -0.25) is 4.79 Å². The Hall–Kier alpha value is -3.07. The van der Waals surface area contributed by atoms with Gasteiger partial charge in [0, 0.05) is 0 Å². The zero-order valence-corrected chi connectivity index (χ0v) is 24.0. The number of esters is 2. The fourth-order valence-electron chi connectivity index (χ4n) is 3.69. The molecule has 40 heavy (non-hydrogen) atoms. The van der Waals surface area contributed by atoms with Crippen molar-refractivity contribution in [3.63, 3.8) is 0 Å². The standard InChI is InChI=1S/C26H43N3O11/c1-8-10-27-22(36)28(13-16(30)12-26(6,7)9-2)24(38)29(23(27)37)14-17(31)15-39-21(35)20(34)18(32)11-19(33)40-25(3,4)5/h8,16-18,20,30-32,34H,1,9-15H2,2-7H3. The van der Waals surface area contributed by atoms with Gasteiger partial charge in [0.15, 0.2) is 6.10 Å². The van der Waals surface area contributed by atoms with E-state index in [-0.39, 0.29) is 18.4 Å². The molecule has 4 N–H and O–H groups in total. The van der Waals surface area contributed by atoms with Gasteiger partial charge in [0.25, 0.3) is 0 Å². The minimum Gasteiger partial charge on any atom is -0.461 e. The summed E-state index contributed by atoms with van der Waals surface area (Å²) in [5.74, 6) is -2.22. The molecular formula is C26H43N3O11. The molecule has 0 aromatic carbocycles.